The van der Waals surface area contributed by atoms with Gasteiger partial charge in [0.25, 0.3) is 0 Å². The maximum absolute atomic E-state index is 12.8. The van der Waals surface area contributed by atoms with Crippen LogP contribution in [-0.2, 0) is 0 Å². The van der Waals surface area contributed by atoms with Crippen molar-refractivity contribution < 1.29 is 22.6 Å². The van der Waals surface area contributed by atoms with Crippen LogP contribution in [0.2, 0.25) is 0 Å². The molecule has 0 bridgehead atoms. The highest BCUT2D eigenvalue weighted by Gasteiger charge is 2.31. The van der Waals surface area contributed by atoms with Gasteiger partial charge >= 0.3 is 6.36 Å². The molecule has 0 heterocycles. The Bertz CT molecular complexity index is 2210. The maximum Gasteiger partial charge on any atom is 0.573 e. The summed E-state index contributed by atoms with van der Waals surface area (Å²) in [7, 11) is 1.69. The van der Waals surface area contributed by atoms with Gasteiger partial charge in [-0.2, -0.15) is 0 Å². The van der Waals surface area contributed by atoms with Gasteiger partial charge in [-0.15, -0.1) is 13.2 Å². The molecule has 208 valence electrons. The van der Waals surface area contributed by atoms with Crippen molar-refractivity contribution in [2.75, 3.05) is 7.11 Å². The third-order valence-corrected chi connectivity index (χ3v) is 8.34. The number of rotatable bonds is 4. The van der Waals surface area contributed by atoms with E-state index < -0.39 is 6.36 Å². The van der Waals surface area contributed by atoms with Crippen LogP contribution in [-0.4, -0.2) is 13.5 Å². The average molecular weight is 569 g/mol. The zero-order valence-electron chi connectivity index (χ0n) is 23.0. The molecule has 2 nitrogen and oxygen atoms in total. The second-order valence-electron chi connectivity index (χ2n) is 10.8. The van der Waals surface area contributed by atoms with Crippen molar-refractivity contribution in [2.45, 2.75) is 6.36 Å². The fourth-order valence-electron chi connectivity index (χ4n) is 6.65. The second-order valence-corrected chi connectivity index (χ2v) is 10.8. The fourth-order valence-corrected chi connectivity index (χ4v) is 6.65. The number of halogens is 3. The highest BCUT2D eigenvalue weighted by atomic mass is 19.4. The zero-order chi connectivity index (χ0) is 29.3. The molecule has 0 fully saturated rings. The number of methoxy groups -OCH3 is 1. The van der Waals surface area contributed by atoms with E-state index in [1.54, 1.807) is 19.2 Å². The number of hydrogen-bond acceptors (Lipinski definition) is 2. The van der Waals surface area contributed by atoms with Crippen LogP contribution in [0.25, 0.3) is 76.1 Å². The van der Waals surface area contributed by atoms with E-state index in [4.69, 9.17) is 4.74 Å². The van der Waals surface area contributed by atoms with Crippen LogP contribution >= 0.6 is 0 Å². The molecule has 0 amide bonds. The summed E-state index contributed by atoms with van der Waals surface area (Å²) in [6.07, 6.45) is -4.74. The van der Waals surface area contributed by atoms with Crippen LogP contribution in [0, 0.1) is 0 Å². The average Bonchev–Trinajstić information content (AvgIpc) is 3.01. The molecule has 0 saturated heterocycles. The third-order valence-electron chi connectivity index (χ3n) is 8.34. The first kappa shape index (κ1) is 25.4. The SMILES string of the molecule is COc1cc2ccc3cc(-c4c5ccccc5c(-c5ccc(OC(F)(F)F)cc5)c5ccccc45)cc4ccc(c1)c2c34. The molecule has 0 saturated carbocycles. The first-order valence-electron chi connectivity index (χ1n) is 13.9. The Morgan fingerprint density at radius 3 is 1.30 bits per heavy atom. The summed E-state index contributed by atoms with van der Waals surface area (Å²) >= 11 is 0. The first-order valence-corrected chi connectivity index (χ1v) is 13.9. The summed E-state index contributed by atoms with van der Waals surface area (Å²) in [4.78, 5) is 0. The Labute approximate surface area is 244 Å². The molecule has 8 aromatic carbocycles. The highest BCUT2D eigenvalue weighted by Crippen LogP contribution is 2.46. The smallest absolute Gasteiger partial charge is 0.497 e. The lowest BCUT2D eigenvalue weighted by Crippen LogP contribution is -2.16. The fraction of sp³-hybridized carbons (Fsp3) is 0.0526. The van der Waals surface area contributed by atoms with E-state index in [0.717, 1.165) is 71.1 Å². The quantitative estimate of drug-likeness (QED) is 0.155. The van der Waals surface area contributed by atoms with Crippen molar-refractivity contribution in [1.82, 2.24) is 0 Å². The molecular weight excluding hydrogens is 545 g/mol. The van der Waals surface area contributed by atoms with E-state index in [1.807, 2.05) is 24.3 Å². The summed E-state index contributed by atoms with van der Waals surface area (Å²) in [6, 6.07) is 40.0. The predicted octanol–water partition coefficient (Wildman–Crippen LogP) is 11.1. The number of fused-ring (bicyclic) bond motifs is 2. The van der Waals surface area contributed by atoms with Crippen molar-refractivity contribution in [3.8, 4) is 33.8 Å². The van der Waals surface area contributed by atoms with E-state index in [9.17, 15) is 13.2 Å². The lowest BCUT2D eigenvalue weighted by Gasteiger charge is -2.19. The molecule has 0 aliphatic carbocycles. The molecule has 0 aromatic heterocycles. The summed E-state index contributed by atoms with van der Waals surface area (Å²) in [5, 5.41) is 11.3. The minimum atomic E-state index is -4.74. The molecule has 0 aliphatic heterocycles. The number of alkyl halides is 3. The normalized spacial score (nSPS) is 12.2. The molecule has 8 rings (SSSR count). The van der Waals surface area contributed by atoms with Gasteiger partial charge in [-0.1, -0.05) is 84.9 Å². The van der Waals surface area contributed by atoms with E-state index >= 15 is 0 Å². The molecule has 0 unspecified atom stereocenters. The van der Waals surface area contributed by atoms with Crippen LogP contribution in [0.4, 0.5) is 13.2 Å². The van der Waals surface area contributed by atoms with E-state index in [-0.39, 0.29) is 5.75 Å². The number of benzene rings is 8. The van der Waals surface area contributed by atoms with E-state index in [0.29, 0.717) is 0 Å². The van der Waals surface area contributed by atoms with Gasteiger partial charge in [-0.05, 0) is 113 Å². The monoisotopic (exact) mass is 568 g/mol. The van der Waals surface area contributed by atoms with Crippen LogP contribution in [0.3, 0.4) is 0 Å². The minimum absolute atomic E-state index is 0.242. The summed E-state index contributed by atoms with van der Waals surface area (Å²) in [5.41, 5.74) is 4.02. The number of hydrogen-bond donors (Lipinski definition) is 0. The summed E-state index contributed by atoms with van der Waals surface area (Å²) in [6.45, 7) is 0. The van der Waals surface area contributed by atoms with Gasteiger partial charge in [0.15, 0.2) is 0 Å². The molecule has 0 aliphatic rings. The van der Waals surface area contributed by atoms with Crippen LogP contribution in [0.15, 0.2) is 121 Å². The molecule has 8 aromatic rings. The van der Waals surface area contributed by atoms with Gasteiger partial charge in [-0.3, -0.25) is 0 Å². The molecule has 5 heteroatoms. The van der Waals surface area contributed by atoms with Crippen LogP contribution < -0.4 is 9.47 Å². The predicted molar refractivity (Wildman–Crippen MR) is 169 cm³/mol. The molecular formula is C38H23F3O2. The summed E-state index contributed by atoms with van der Waals surface area (Å²) in [5.74, 6) is 0.598. The second kappa shape index (κ2) is 9.36. The zero-order valence-corrected chi connectivity index (χ0v) is 23.0. The Hall–Kier alpha value is -5.29. The van der Waals surface area contributed by atoms with Crippen LogP contribution in [0.1, 0.15) is 0 Å². The Kier molecular flexibility index (Phi) is 5.54. The van der Waals surface area contributed by atoms with Crippen LogP contribution in [0.5, 0.6) is 11.5 Å². The van der Waals surface area contributed by atoms with Crippen molar-refractivity contribution in [3.05, 3.63) is 121 Å². The Balaban J connectivity index is 1.39. The lowest BCUT2D eigenvalue weighted by molar-refractivity contribution is -0.274. The molecule has 0 N–H and O–H groups in total. The molecule has 43 heavy (non-hydrogen) atoms. The van der Waals surface area contributed by atoms with E-state index in [1.165, 1.54) is 22.9 Å². The van der Waals surface area contributed by atoms with Gasteiger partial charge in [0, 0.05) is 0 Å². The highest BCUT2D eigenvalue weighted by molar-refractivity contribution is 6.26. The first-order chi connectivity index (χ1) is 20.9. The van der Waals surface area contributed by atoms with Gasteiger partial charge in [0.1, 0.15) is 11.5 Å². The largest absolute Gasteiger partial charge is 0.573 e. The number of ether oxygens (including phenoxy) is 2. The molecule has 0 radical (unpaired) electrons. The molecule has 0 spiro atoms. The van der Waals surface area contributed by atoms with E-state index in [2.05, 4.69) is 77.5 Å². The topological polar surface area (TPSA) is 18.5 Å². The van der Waals surface area contributed by atoms with Gasteiger partial charge < -0.3 is 9.47 Å². The Morgan fingerprint density at radius 2 is 0.884 bits per heavy atom. The van der Waals surface area contributed by atoms with Crippen molar-refractivity contribution in [1.29, 1.82) is 0 Å². The van der Waals surface area contributed by atoms with Gasteiger partial charge in [0.05, 0.1) is 7.11 Å². The van der Waals surface area contributed by atoms with Gasteiger partial charge in [-0.25, -0.2) is 0 Å². The minimum Gasteiger partial charge on any atom is -0.497 e. The summed E-state index contributed by atoms with van der Waals surface area (Å²) < 4.78 is 48.1. The maximum atomic E-state index is 12.8. The van der Waals surface area contributed by atoms with Crippen molar-refractivity contribution in [3.63, 3.8) is 0 Å². The Morgan fingerprint density at radius 1 is 0.465 bits per heavy atom. The standard InChI is InChI=1S/C38H23F3O2/c1-42-29-20-25-12-10-23-18-27(19-24-11-13-26(21-29)35(25)34(23)24)37-32-8-4-2-6-30(32)36(31-7-3-5-9-33(31)37)22-14-16-28(17-15-22)43-38(39,40)41/h2-21H,1H3. The van der Waals surface area contributed by atoms with Crippen molar-refractivity contribution >= 4 is 53.9 Å². The molecule has 0 atom stereocenters. The van der Waals surface area contributed by atoms with Crippen molar-refractivity contribution in [2.24, 2.45) is 0 Å². The lowest BCUT2D eigenvalue weighted by atomic mass is 9.84. The third kappa shape index (κ3) is 4.11. The van der Waals surface area contributed by atoms with Gasteiger partial charge in [0.2, 0.25) is 0 Å².